The summed E-state index contributed by atoms with van der Waals surface area (Å²) in [5, 5.41) is 0. The maximum Gasteiger partial charge on any atom is 0.262 e. The van der Waals surface area contributed by atoms with E-state index in [1.807, 2.05) is 31.2 Å². The summed E-state index contributed by atoms with van der Waals surface area (Å²) < 4.78 is 6.55. The Morgan fingerprint density at radius 2 is 1.86 bits per heavy atom. The van der Waals surface area contributed by atoms with E-state index in [1.165, 1.54) is 0 Å². The second-order valence-electron chi connectivity index (χ2n) is 5.28. The number of aromatic nitrogens is 1. The number of carbonyl (C=O) groups excluding carboxylic acids is 2. The summed E-state index contributed by atoms with van der Waals surface area (Å²) in [6, 6.07) is 11.0. The number of methoxy groups -OCH3 is 1. The number of rotatable bonds is 7. The normalized spacial score (nSPS) is 10.6. The van der Waals surface area contributed by atoms with Crippen LogP contribution in [0.5, 0.6) is 0 Å². The van der Waals surface area contributed by atoms with Crippen molar-refractivity contribution in [2.75, 3.05) is 13.7 Å². The zero-order chi connectivity index (χ0) is 15.9. The zero-order valence-electron chi connectivity index (χ0n) is 13.0. The van der Waals surface area contributed by atoms with Gasteiger partial charge in [-0.2, -0.15) is 0 Å². The lowest BCUT2D eigenvalue weighted by Crippen LogP contribution is -2.13. The van der Waals surface area contributed by atoms with Crippen LogP contribution in [0.25, 0.3) is 0 Å². The summed E-state index contributed by atoms with van der Waals surface area (Å²) in [4.78, 5) is 24.4. The molecule has 0 aliphatic rings. The molecule has 1 aromatic heterocycles. The first-order chi connectivity index (χ1) is 10.6. The van der Waals surface area contributed by atoms with Crippen LogP contribution in [0.4, 0.5) is 0 Å². The molecule has 4 nitrogen and oxygen atoms in total. The zero-order valence-corrected chi connectivity index (χ0v) is 13.0. The van der Waals surface area contributed by atoms with Crippen molar-refractivity contribution in [3.8, 4) is 0 Å². The van der Waals surface area contributed by atoms with Crippen molar-refractivity contribution in [2.24, 2.45) is 0 Å². The van der Waals surface area contributed by atoms with Crippen LogP contribution in [0.2, 0.25) is 0 Å². The highest BCUT2D eigenvalue weighted by molar-refractivity contribution is 5.96. The van der Waals surface area contributed by atoms with Crippen molar-refractivity contribution in [3.05, 3.63) is 59.4 Å². The molecule has 0 radical (unpaired) electrons. The number of nitrogens with zero attached hydrogens (tertiary/aromatic N) is 1. The van der Waals surface area contributed by atoms with Gasteiger partial charge in [-0.05, 0) is 37.1 Å². The second kappa shape index (κ2) is 7.71. The second-order valence-corrected chi connectivity index (χ2v) is 5.28. The van der Waals surface area contributed by atoms with Gasteiger partial charge in [-0.25, -0.2) is 0 Å². The fourth-order valence-corrected chi connectivity index (χ4v) is 2.39. The average Bonchev–Trinajstić information content (AvgIpc) is 2.89. The molecule has 0 bridgehead atoms. The monoisotopic (exact) mass is 299 g/mol. The van der Waals surface area contributed by atoms with E-state index in [0.717, 1.165) is 17.7 Å². The van der Waals surface area contributed by atoms with Crippen LogP contribution in [0.15, 0.2) is 42.6 Å². The lowest BCUT2D eigenvalue weighted by atomic mass is 10.1. The highest BCUT2D eigenvalue weighted by atomic mass is 16.5. The maximum absolute atomic E-state index is 12.4. The molecule has 0 fully saturated rings. The summed E-state index contributed by atoms with van der Waals surface area (Å²) in [7, 11) is 1.63. The number of Topliss-reactive ketones (excluding diaryl/α,β-unsaturated/α-hetero) is 1. The van der Waals surface area contributed by atoms with E-state index in [1.54, 1.807) is 30.0 Å². The molecule has 0 saturated carbocycles. The first-order valence-electron chi connectivity index (χ1n) is 7.40. The molecule has 0 atom stereocenters. The standard InChI is InChI=1S/C18H21NO3/c1-14-16(13-17(20)9-6-12-22-2)10-11-19(14)18(21)15-7-4-3-5-8-15/h3-5,7-8,10-11H,6,9,12-13H2,1-2H3. The van der Waals surface area contributed by atoms with Crippen LogP contribution < -0.4 is 0 Å². The van der Waals surface area contributed by atoms with Gasteiger partial charge in [0.2, 0.25) is 0 Å². The molecule has 0 aliphatic heterocycles. The van der Waals surface area contributed by atoms with E-state index in [9.17, 15) is 9.59 Å². The topological polar surface area (TPSA) is 48.3 Å². The minimum absolute atomic E-state index is 0.0730. The van der Waals surface area contributed by atoms with E-state index in [2.05, 4.69) is 0 Å². The first kappa shape index (κ1) is 16.2. The molecule has 0 saturated heterocycles. The van der Waals surface area contributed by atoms with Crippen molar-refractivity contribution >= 4 is 11.7 Å². The van der Waals surface area contributed by atoms with Crippen molar-refractivity contribution < 1.29 is 14.3 Å². The fraction of sp³-hybridized carbons (Fsp3) is 0.333. The number of ketones is 1. The average molecular weight is 299 g/mol. The van der Waals surface area contributed by atoms with E-state index in [4.69, 9.17) is 4.74 Å². The number of carbonyl (C=O) groups is 2. The molecule has 0 unspecified atom stereocenters. The van der Waals surface area contributed by atoms with E-state index < -0.39 is 0 Å². The summed E-state index contributed by atoms with van der Waals surface area (Å²) in [5.41, 5.74) is 2.37. The van der Waals surface area contributed by atoms with Crippen LogP contribution in [-0.2, 0) is 16.0 Å². The molecular formula is C18H21NO3. The van der Waals surface area contributed by atoms with Crippen LogP contribution in [0, 0.1) is 6.92 Å². The van der Waals surface area contributed by atoms with Gasteiger partial charge in [0.05, 0.1) is 0 Å². The van der Waals surface area contributed by atoms with E-state index >= 15 is 0 Å². The van der Waals surface area contributed by atoms with Gasteiger partial charge in [0, 0.05) is 44.0 Å². The van der Waals surface area contributed by atoms with Gasteiger partial charge in [0.25, 0.3) is 5.91 Å². The molecular weight excluding hydrogens is 278 g/mol. The van der Waals surface area contributed by atoms with E-state index in [0.29, 0.717) is 25.0 Å². The summed E-state index contributed by atoms with van der Waals surface area (Å²) in [5.74, 6) is 0.0984. The predicted molar refractivity (Wildman–Crippen MR) is 85.2 cm³/mol. The Kier molecular flexibility index (Phi) is 5.67. The fourth-order valence-electron chi connectivity index (χ4n) is 2.39. The SMILES string of the molecule is COCCCC(=O)Cc1ccn(C(=O)c2ccccc2)c1C. The molecule has 0 spiro atoms. The Hall–Kier alpha value is -2.20. The molecule has 2 rings (SSSR count). The summed E-state index contributed by atoms with van der Waals surface area (Å²) in [6.07, 6.45) is 3.34. The Morgan fingerprint density at radius 1 is 1.14 bits per heavy atom. The molecule has 1 aromatic carbocycles. The Labute approximate surface area is 130 Å². The van der Waals surface area contributed by atoms with E-state index in [-0.39, 0.29) is 11.7 Å². The van der Waals surface area contributed by atoms with Crippen molar-refractivity contribution in [3.63, 3.8) is 0 Å². The lowest BCUT2D eigenvalue weighted by molar-refractivity contribution is -0.118. The molecule has 0 N–H and O–H groups in total. The van der Waals surface area contributed by atoms with Crippen LogP contribution in [-0.4, -0.2) is 30.0 Å². The van der Waals surface area contributed by atoms with Gasteiger partial charge >= 0.3 is 0 Å². The third-order valence-electron chi connectivity index (χ3n) is 3.68. The Bertz CT molecular complexity index is 644. The Morgan fingerprint density at radius 3 is 2.55 bits per heavy atom. The molecule has 1 heterocycles. The van der Waals surface area contributed by atoms with Crippen LogP contribution >= 0.6 is 0 Å². The van der Waals surface area contributed by atoms with Crippen LogP contribution in [0.1, 0.15) is 34.5 Å². The van der Waals surface area contributed by atoms with Gasteiger partial charge in [-0.1, -0.05) is 18.2 Å². The molecule has 0 amide bonds. The maximum atomic E-state index is 12.4. The largest absolute Gasteiger partial charge is 0.385 e. The van der Waals surface area contributed by atoms with Gasteiger partial charge in [-0.3, -0.25) is 14.2 Å². The third-order valence-corrected chi connectivity index (χ3v) is 3.68. The van der Waals surface area contributed by atoms with Gasteiger partial charge in [-0.15, -0.1) is 0 Å². The minimum atomic E-state index is -0.0730. The number of hydrogen-bond acceptors (Lipinski definition) is 3. The van der Waals surface area contributed by atoms with Crippen molar-refractivity contribution in [2.45, 2.75) is 26.2 Å². The molecule has 4 heteroatoms. The molecule has 22 heavy (non-hydrogen) atoms. The Balaban J connectivity index is 2.06. The quantitative estimate of drug-likeness (QED) is 0.738. The minimum Gasteiger partial charge on any atom is -0.385 e. The smallest absolute Gasteiger partial charge is 0.262 e. The number of benzene rings is 1. The first-order valence-corrected chi connectivity index (χ1v) is 7.40. The molecule has 0 aliphatic carbocycles. The number of hydrogen-bond donors (Lipinski definition) is 0. The summed E-state index contributed by atoms with van der Waals surface area (Å²) >= 11 is 0. The predicted octanol–water partition coefficient (Wildman–Crippen LogP) is 3.02. The van der Waals surface area contributed by atoms with Gasteiger partial charge < -0.3 is 4.74 Å². The lowest BCUT2D eigenvalue weighted by Gasteiger charge is -2.06. The van der Waals surface area contributed by atoms with Crippen molar-refractivity contribution in [1.29, 1.82) is 0 Å². The molecule has 2 aromatic rings. The van der Waals surface area contributed by atoms with Crippen LogP contribution in [0.3, 0.4) is 0 Å². The van der Waals surface area contributed by atoms with Crippen molar-refractivity contribution in [1.82, 2.24) is 4.57 Å². The summed E-state index contributed by atoms with van der Waals surface area (Å²) in [6.45, 7) is 2.47. The molecule has 116 valence electrons. The third kappa shape index (κ3) is 3.92. The van der Waals surface area contributed by atoms with Gasteiger partial charge in [0.1, 0.15) is 5.78 Å². The highest BCUT2D eigenvalue weighted by Crippen LogP contribution is 2.14. The van der Waals surface area contributed by atoms with Gasteiger partial charge in [0.15, 0.2) is 0 Å². The highest BCUT2D eigenvalue weighted by Gasteiger charge is 2.14. The number of ether oxygens (including phenoxy) is 1.